The summed E-state index contributed by atoms with van der Waals surface area (Å²) < 4.78 is 5.54. The average molecular weight is 353 g/mol. The Morgan fingerprint density at radius 3 is 2.28 bits per heavy atom. The molecule has 0 fully saturated rings. The zero-order chi connectivity index (χ0) is 18.0. The summed E-state index contributed by atoms with van der Waals surface area (Å²) in [6.45, 7) is 6.30. The monoisotopic (exact) mass is 353 g/mol. The number of aromatic nitrogens is 1. The second-order valence-corrected chi connectivity index (χ2v) is 6.71. The van der Waals surface area contributed by atoms with E-state index in [0.717, 1.165) is 33.8 Å². The van der Waals surface area contributed by atoms with Crippen LogP contribution in [-0.4, -0.2) is 16.7 Å². The van der Waals surface area contributed by atoms with Gasteiger partial charge >= 0.3 is 0 Å². The van der Waals surface area contributed by atoms with E-state index in [0.29, 0.717) is 17.2 Å². The van der Waals surface area contributed by atoms with E-state index in [1.54, 1.807) is 0 Å². The zero-order valence-electron chi connectivity index (χ0n) is 14.4. The number of aromatic hydroxyl groups is 1. The summed E-state index contributed by atoms with van der Waals surface area (Å²) in [4.78, 5) is 16.8. The predicted molar refractivity (Wildman–Crippen MR) is 102 cm³/mol. The maximum absolute atomic E-state index is 12.7. The molecule has 1 N–H and O–H groups in total. The molecule has 2 aromatic carbocycles. The fourth-order valence-electron chi connectivity index (χ4n) is 2.89. The van der Waals surface area contributed by atoms with Gasteiger partial charge in [0.15, 0.2) is 5.06 Å². The molecule has 0 aliphatic carbocycles. The van der Waals surface area contributed by atoms with Crippen molar-refractivity contribution in [2.24, 2.45) is 0 Å². The van der Waals surface area contributed by atoms with Gasteiger partial charge in [0.05, 0.1) is 6.61 Å². The molecule has 0 spiro atoms. The normalized spacial score (nSPS) is 10.7. The lowest BCUT2D eigenvalue weighted by atomic mass is 9.97. The average Bonchev–Trinajstić information content (AvgIpc) is 2.57. The molecule has 25 heavy (non-hydrogen) atoms. The van der Waals surface area contributed by atoms with E-state index in [4.69, 9.17) is 4.74 Å². The maximum atomic E-state index is 12.7. The molecule has 4 nitrogen and oxygen atoms in total. The number of nitrogens with zero attached hydrogens (tertiary/aromatic N) is 1. The molecule has 0 unspecified atom stereocenters. The van der Waals surface area contributed by atoms with Gasteiger partial charge in [0, 0.05) is 5.56 Å². The van der Waals surface area contributed by atoms with E-state index < -0.39 is 5.56 Å². The number of hydrogen-bond acceptors (Lipinski definition) is 5. The summed E-state index contributed by atoms with van der Waals surface area (Å²) in [5, 5.41) is 11.0. The van der Waals surface area contributed by atoms with E-state index in [1.165, 1.54) is 0 Å². The Hall–Kier alpha value is -2.66. The number of ether oxygens (including phenoxy) is 1. The Kier molecular flexibility index (Phi) is 4.86. The lowest BCUT2D eigenvalue weighted by Gasteiger charge is -2.13. The Morgan fingerprint density at radius 1 is 1.08 bits per heavy atom. The van der Waals surface area contributed by atoms with Crippen molar-refractivity contribution >= 4 is 11.3 Å². The molecule has 0 aliphatic heterocycles. The first-order valence-electron chi connectivity index (χ1n) is 8.05. The maximum Gasteiger partial charge on any atom is 0.283 e. The largest absolute Gasteiger partial charge is 0.499 e. The minimum absolute atomic E-state index is 0.0192. The molecule has 0 saturated heterocycles. The van der Waals surface area contributed by atoms with Crippen LogP contribution >= 0.6 is 11.3 Å². The van der Waals surface area contributed by atoms with Crippen molar-refractivity contribution in [3.8, 4) is 32.5 Å². The Bertz CT molecular complexity index is 941. The zero-order valence-corrected chi connectivity index (χ0v) is 15.2. The molecule has 1 heterocycles. The third-order valence-electron chi connectivity index (χ3n) is 3.91. The lowest BCUT2D eigenvalue weighted by Crippen LogP contribution is -2.10. The van der Waals surface area contributed by atoms with Crippen LogP contribution in [0.25, 0.3) is 21.7 Å². The highest BCUT2D eigenvalue weighted by Crippen LogP contribution is 2.38. The third-order valence-corrected chi connectivity index (χ3v) is 4.83. The van der Waals surface area contributed by atoms with Crippen LogP contribution in [0, 0.1) is 13.8 Å². The van der Waals surface area contributed by atoms with Gasteiger partial charge in [-0.1, -0.05) is 41.7 Å². The summed E-state index contributed by atoms with van der Waals surface area (Å²) in [6, 6.07) is 13.1. The highest BCUT2D eigenvalue weighted by molar-refractivity contribution is 7.16. The third kappa shape index (κ3) is 3.42. The molecule has 1 aromatic heterocycles. The van der Waals surface area contributed by atoms with Crippen molar-refractivity contribution in [2.45, 2.75) is 20.8 Å². The lowest BCUT2D eigenvalue weighted by molar-refractivity contribution is 0.340. The highest BCUT2D eigenvalue weighted by Gasteiger charge is 2.19. The molecule has 5 heteroatoms. The fraction of sp³-hybridized carbons (Fsp3) is 0.200. The van der Waals surface area contributed by atoms with E-state index in [9.17, 15) is 9.90 Å². The molecule has 3 aromatic rings. The van der Waals surface area contributed by atoms with Crippen LogP contribution in [-0.2, 0) is 0 Å². The summed E-state index contributed by atoms with van der Waals surface area (Å²) in [5.74, 6) is 0.755. The smallest absolute Gasteiger partial charge is 0.283 e. The van der Waals surface area contributed by atoms with Crippen molar-refractivity contribution in [1.82, 2.24) is 4.98 Å². The van der Waals surface area contributed by atoms with Crippen molar-refractivity contribution in [3.63, 3.8) is 0 Å². The molecular weight excluding hydrogens is 334 g/mol. The molecule has 0 aliphatic rings. The Morgan fingerprint density at radius 2 is 1.72 bits per heavy atom. The first-order valence-corrected chi connectivity index (χ1v) is 8.86. The molecule has 0 radical (unpaired) electrons. The van der Waals surface area contributed by atoms with Crippen LogP contribution in [0.4, 0.5) is 0 Å². The summed E-state index contributed by atoms with van der Waals surface area (Å²) >= 11 is 1.11. The Labute approximate surface area is 150 Å². The number of aryl methyl sites for hydroxylation is 2. The van der Waals surface area contributed by atoms with Crippen LogP contribution in [0.3, 0.4) is 0 Å². The second kappa shape index (κ2) is 7.07. The molecular formula is C20H19NO3S. The predicted octanol–water partition coefficient (Wildman–Crippen LogP) is 4.56. The van der Waals surface area contributed by atoms with Gasteiger partial charge in [-0.05, 0) is 49.6 Å². The van der Waals surface area contributed by atoms with Gasteiger partial charge in [-0.25, -0.2) is 0 Å². The summed E-state index contributed by atoms with van der Waals surface area (Å²) in [5.41, 5.74) is 3.10. The molecule has 0 bridgehead atoms. The van der Waals surface area contributed by atoms with Crippen molar-refractivity contribution < 1.29 is 9.84 Å². The van der Waals surface area contributed by atoms with Gasteiger partial charge in [-0.2, -0.15) is 4.98 Å². The van der Waals surface area contributed by atoms with Crippen molar-refractivity contribution in [3.05, 3.63) is 63.9 Å². The highest BCUT2D eigenvalue weighted by atomic mass is 32.1. The van der Waals surface area contributed by atoms with Gasteiger partial charge < -0.3 is 9.84 Å². The van der Waals surface area contributed by atoms with E-state index >= 15 is 0 Å². The standard InChI is InChI=1S/C20H19NO3S/c1-4-24-15-10-12(2)16(13(3)11-15)17-18(22)21-19(25-20(17)23)14-8-6-5-7-9-14/h5-11,23H,4H2,1-3H3. The van der Waals surface area contributed by atoms with E-state index in [1.807, 2.05) is 63.2 Å². The minimum Gasteiger partial charge on any atom is -0.499 e. The van der Waals surface area contributed by atoms with Crippen LogP contribution in [0.2, 0.25) is 0 Å². The van der Waals surface area contributed by atoms with Crippen molar-refractivity contribution in [1.29, 1.82) is 0 Å². The van der Waals surface area contributed by atoms with Gasteiger partial charge in [0.25, 0.3) is 5.56 Å². The molecule has 0 atom stereocenters. The number of benzene rings is 2. The molecule has 0 amide bonds. The van der Waals surface area contributed by atoms with E-state index in [2.05, 4.69) is 4.98 Å². The number of rotatable bonds is 4. The van der Waals surface area contributed by atoms with Crippen molar-refractivity contribution in [2.75, 3.05) is 6.61 Å². The molecule has 0 saturated carbocycles. The topological polar surface area (TPSA) is 59.4 Å². The first kappa shape index (κ1) is 17.2. The second-order valence-electron chi connectivity index (χ2n) is 5.74. The first-order chi connectivity index (χ1) is 12.0. The van der Waals surface area contributed by atoms with Crippen LogP contribution in [0.1, 0.15) is 18.1 Å². The molecule has 128 valence electrons. The van der Waals surface area contributed by atoms with Crippen LogP contribution < -0.4 is 10.3 Å². The van der Waals surface area contributed by atoms with E-state index in [-0.39, 0.29) is 10.6 Å². The van der Waals surface area contributed by atoms with Gasteiger partial charge in [0.2, 0.25) is 0 Å². The summed E-state index contributed by atoms with van der Waals surface area (Å²) in [7, 11) is 0. The quantitative estimate of drug-likeness (QED) is 0.747. The van der Waals surface area contributed by atoms with Gasteiger partial charge in [0.1, 0.15) is 16.3 Å². The van der Waals surface area contributed by atoms with Gasteiger partial charge in [-0.3, -0.25) is 4.79 Å². The Balaban J connectivity index is 2.15. The molecule has 3 rings (SSSR count). The summed E-state index contributed by atoms with van der Waals surface area (Å²) in [6.07, 6.45) is 0. The van der Waals surface area contributed by atoms with Crippen LogP contribution in [0.5, 0.6) is 10.8 Å². The van der Waals surface area contributed by atoms with Gasteiger partial charge in [-0.15, -0.1) is 0 Å². The fourth-order valence-corrected chi connectivity index (χ4v) is 3.75. The number of hydrogen-bond donors (Lipinski definition) is 1. The minimum atomic E-state index is -0.425. The van der Waals surface area contributed by atoms with Crippen LogP contribution in [0.15, 0.2) is 47.3 Å². The SMILES string of the molecule is CCOc1cc(C)c(-c2c(O)sc(-c3ccccc3)nc2=O)c(C)c1.